The molecule has 0 spiro atoms. The van der Waals surface area contributed by atoms with Crippen LogP contribution < -0.4 is 5.73 Å². The van der Waals surface area contributed by atoms with Gasteiger partial charge in [0.15, 0.2) is 0 Å². The molecule has 0 aliphatic heterocycles. The third kappa shape index (κ3) is 3.49. The van der Waals surface area contributed by atoms with Crippen LogP contribution in [0.2, 0.25) is 0 Å². The van der Waals surface area contributed by atoms with Gasteiger partial charge in [-0.2, -0.15) is 0 Å². The molecule has 0 aromatic rings. The third-order valence-corrected chi connectivity index (χ3v) is 1.60. The first-order valence-corrected chi connectivity index (χ1v) is 3.54. The van der Waals surface area contributed by atoms with Crippen LogP contribution in [0.3, 0.4) is 0 Å². The van der Waals surface area contributed by atoms with Gasteiger partial charge in [-0.1, -0.05) is 6.92 Å². The second kappa shape index (κ2) is 4.77. The minimum atomic E-state index is 0.306. The van der Waals surface area contributed by atoms with E-state index in [9.17, 15) is 0 Å². The molecule has 0 aromatic carbocycles. The van der Waals surface area contributed by atoms with Crippen molar-refractivity contribution < 1.29 is 4.74 Å². The van der Waals surface area contributed by atoms with Crippen LogP contribution in [0.25, 0.3) is 0 Å². The minimum absolute atomic E-state index is 0.306. The zero-order valence-corrected chi connectivity index (χ0v) is 6.55. The van der Waals surface area contributed by atoms with Gasteiger partial charge < -0.3 is 10.5 Å². The molecule has 0 aromatic heterocycles. The molecule has 9 heavy (non-hydrogen) atoms. The SMILES string of the molecule is CCOC(C)C(C)CN. The fourth-order valence-corrected chi connectivity index (χ4v) is 0.619. The Morgan fingerprint density at radius 2 is 2.00 bits per heavy atom. The maximum Gasteiger partial charge on any atom is 0.0584 e. The summed E-state index contributed by atoms with van der Waals surface area (Å²) in [6, 6.07) is 0. The van der Waals surface area contributed by atoms with Crippen molar-refractivity contribution in [3.05, 3.63) is 0 Å². The first-order chi connectivity index (χ1) is 4.22. The van der Waals surface area contributed by atoms with Gasteiger partial charge >= 0.3 is 0 Å². The van der Waals surface area contributed by atoms with E-state index in [2.05, 4.69) is 13.8 Å². The van der Waals surface area contributed by atoms with E-state index in [0.717, 1.165) is 6.61 Å². The van der Waals surface area contributed by atoms with Crippen LogP contribution in [-0.4, -0.2) is 19.3 Å². The molecule has 0 saturated carbocycles. The normalized spacial score (nSPS) is 17.3. The van der Waals surface area contributed by atoms with E-state index in [4.69, 9.17) is 10.5 Å². The molecule has 2 atom stereocenters. The van der Waals surface area contributed by atoms with Crippen LogP contribution in [0.5, 0.6) is 0 Å². The molecule has 0 amide bonds. The Kier molecular flexibility index (Phi) is 4.72. The van der Waals surface area contributed by atoms with Gasteiger partial charge in [-0.05, 0) is 26.3 Å². The Morgan fingerprint density at radius 3 is 2.33 bits per heavy atom. The highest BCUT2D eigenvalue weighted by atomic mass is 16.5. The number of rotatable bonds is 4. The smallest absolute Gasteiger partial charge is 0.0584 e. The lowest BCUT2D eigenvalue weighted by atomic mass is 10.1. The van der Waals surface area contributed by atoms with E-state index in [1.54, 1.807) is 0 Å². The Hall–Kier alpha value is -0.0800. The van der Waals surface area contributed by atoms with Crippen LogP contribution in [-0.2, 0) is 4.74 Å². The van der Waals surface area contributed by atoms with Crippen molar-refractivity contribution in [3.8, 4) is 0 Å². The molecule has 0 radical (unpaired) electrons. The van der Waals surface area contributed by atoms with Crippen LogP contribution >= 0.6 is 0 Å². The average molecular weight is 131 g/mol. The summed E-state index contributed by atoms with van der Waals surface area (Å²) in [5.74, 6) is 0.477. The highest BCUT2D eigenvalue weighted by molar-refractivity contribution is 4.60. The Bertz CT molecular complexity index is 65.9. The molecular formula is C7H17NO. The quantitative estimate of drug-likeness (QED) is 0.618. The maximum absolute atomic E-state index is 5.42. The summed E-state index contributed by atoms with van der Waals surface area (Å²) in [5, 5.41) is 0. The molecule has 0 bridgehead atoms. The first kappa shape index (κ1) is 8.92. The van der Waals surface area contributed by atoms with Crippen LogP contribution in [0.4, 0.5) is 0 Å². The van der Waals surface area contributed by atoms with E-state index in [0.29, 0.717) is 18.6 Å². The second-order valence-electron chi connectivity index (χ2n) is 2.37. The lowest BCUT2D eigenvalue weighted by Gasteiger charge is -2.17. The fraction of sp³-hybridized carbons (Fsp3) is 1.00. The molecule has 0 saturated heterocycles. The van der Waals surface area contributed by atoms with Crippen molar-refractivity contribution in [1.29, 1.82) is 0 Å². The summed E-state index contributed by atoms with van der Waals surface area (Å²) < 4.78 is 5.31. The van der Waals surface area contributed by atoms with Gasteiger partial charge in [0.25, 0.3) is 0 Å². The zero-order chi connectivity index (χ0) is 7.28. The fourth-order valence-electron chi connectivity index (χ4n) is 0.619. The molecule has 0 fully saturated rings. The van der Waals surface area contributed by atoms with E-state index < -0.39 is 0 Å². The maximum atomic E-state index is 5.42. The van der Waals surface area contributed by atoms with Crippen molar-refractivity contribution in [2.24, 2.45) is 11.7 Å². The highest BCUT2D eigenvalue weighted by Crippen LogP contribution is 2.03. The van der Waals surface area contributed by atoms with Crippen molar-refractivity contribution in [2.75, 3.05) is 13.2 Å². The van der Waals surface area contributed by atoms with Gasteiger partial charge in [-0.15, -0.1) is 0 Å². The van der Waals surface area contributed by atoms with Gasteiger partial charge in [-0.25, -0.2) is 0 Å². The summed E-state index contributed by atoms with van der Waals surface area (Å²) in [4.78, 5) is 0. The zero-order valence-electron chi connectivity index (χ0n) is 6.55. The second-order valence-corrected chi connectivity index (χ2v) is 2.37. The van der Waals surface area contributed by atoms with Gasteiger partial charge in [0, 0.05) is 6.61 Å². The Labute approximate surface area is 57.4 Å². The van der Waals surface area contributed by atoms with Gasteiger partial charge in [0.1, 0.15) is 0 Å². The van der Waals surface area contributed by atoms with E-state index >= 15 is 0 Å². The van der Waals surface area contributed by atoms with Crippen molar-refractivity contribution in [3.63, 3.8) is 0 Å². The molecule has 2 nitrogen and oxygen atoms in total. The van der Waals surface area contributed by atoms with Gasteiger partial charge in [0.05, 0.1) is 6.10 Å². The largest absolute Gasteiger partial charge is 0.378 e. The number of hydrogen-bond acceptors (Lipinski definition) is 2. The highest BCUT2D eigenvalue weighted by Gasteiger charge is 2.08. The van der Waals surface area contributed by atoms with Gasteiger partial charge in [-0.3, -0.25) is 0 Å². The molecule has 2 N–H and O–H groups in total. The van der Waals surface area contributed by atoms with E-state index in [1.807, 2.05) is 6.92 Å². The number of ether oxygens (including phenoxy) is 1. The lowest BCUT2D eigenvalue weighted by molar-refractivity contribution is 0.0414. The molecule has 0 heterocycles. The summed E-state index contributed by atoms with van der Waals surface area (Å²) in [5.41, 5.74) is 5.42. The summed E-state index contributed by atoms with van der Waals surface area (Å²) >= 11 is 0. The van der Waals surface area contributed by atoms with E-state index in [-0.39, 0.29) is 0 Å². The average Bonchev–Trinajstić information content (AvgIpc) is 1.87. The van der Waals surface area contributed by atoms with E-state index in [1.165, 1.54) is 0 Å². The lowest BCUT2D eigenvalue weighted by Crippen LogP contribution is -2.25. The van der Waals surface area contributed by atoms with Crippen LogP contribution in [0.1, 0.15) is 20.8 Å². The van der Waals surface area contributed by atoms with Crippen LogP contribution in [0, 0.1) is 5.92 Å². The first-order valence-electron chi connectivity index (χ1n) is 3.54. The topological polar surface area (TPSA) is 35.2 Å². The summed E-state index contributed by atoms with van der Waals surface area (Å²) in [6.07, 6.45) is 0.306. The minimum Gasteiger partial charge on any atom is -0.378 e. The summed E-state index contributed by atoms with van der Waals surface area (Å²) in [6.45, 7) is 7.65. The Balaban J connectivity index is 3.32. The standard InChI is InChI=1S/C7H17NO/c1-4-9-7(3)6(2)5-8/h6-7H,4-5,8H2,1-3H3. The molecular weight excluding hydrogens is 114 g/mol. The molecule has 0 rings (SSSR count). The summed E-state index contributed by atoms with van der Waals surface area (Å²) in [7, 11) is 0. The molecule has 56 valence electrons. The van der Waals surface area contributed by atoms with Crippen LogP contribution in [0.15, 0.2) is 0 Å². The number of hydrogen-bond donors (Lipinski definition) is 1. The monoisotopic (exact) mass is 131 g/mol. The van der Waals surface area contributed by atoms with Crippen molar-refractivity contribution in [1.82, 2.24) is 0 Å². The Morgan fingerprint density at radius 1 is 1.44 bits per heavy atom. The number of nitrogens with two attached hydrogens (primary N) is 1. The molecule has 2 heteroatoms. The van der Waals surface area contributed by atoms with Crippen molar-refractivity contribution in [2.45, 2.75) is 26.9 Å². The van der Waals surface area contributed by atoms with Crippen molar-refractivity contribution >= 4 is 0 Å². The molecule has 0 aliphatic rings. The predicted octanol–water partition coefficient (Wildman–Crippen LogP) is 1.01. The predicted molar refractivity (Wildman–Crippen MR) is 39.3 cm³/mol. The third-order valence-electron chi connectivity index (χ3n) is 1.60. The molecule has 0 aliphatic carbocycles. The molecule has 2 unspecified atom stereocenters. The van der Waals surface area contributed by atoms with Gasteiger partial charge in [0.2, 0.25) is 0 Å².